The Hall–Kier alpha value is -1.09. The van der Waals surface area contributed by atoms with Gasteiger partial charge in [-0.15, -0.1) is 0 Å². The van der Waals surface area contributed by atoms with Gasteiger partial charge in [0.2, 0.25) is 0 Å². The first-order valence-corrected chi connectivity index (χ1v) is 7.75. The molecule has 3 heteroatoms. The lowest BCUT2D eigenvalue weighted by Crippen LogP contribution is -2.45. The molecule has 2 nitrogen and oxygen atoms in total. The van der Waals surface area contributed by atoms with Crippen LogP contribution in [-0.2, 0) is 0 Å². The van der Waals surface area contributed by atoms with Gasteiger partial charge in [0.05, 0.1) is 5.69 Å². The summed E-state index contributed by atoms with van der Waals surface area (Å²) in [5.74, 6) is 0.545. The summed E-state index contributed by atoms with van der Waals surface area (Å²) in [5, 5.41) is 3.49. The Morgan fingerprint density at radius 2 is 2.10 bits per heavy atom. The number of anilines is 1. The van der Waals surface area contributed by atoms with Gasteiger partial charge in [0.15, 0.2) is 0 Å². The van der Waals surface area contributed by atoms with E-state index in [9.17, 15) is 4.39 Å². The summed E-state index contributed by atoms with van der Waals surface area (Å²) in [6, 6.07) is 7.10. The predicted molar refractivity (Wildman–Crippen MR) is 83.7 cm³/mol. The van der Waals surface area contributed by atoms with Gasteiger partial charge < -0.3 is 10.2 Å². The Kier molecular flexibility index (Phi) is 5.03. The summed E-state index contributed by atoms with van der Waals surface area (Å²) in [6.45, 7) is 10.7. The highest BCUT2D eigenvalue weighted by molar-refractivity contribution is 5.47. The monoisotopic (exact) mass is 278 g/mol. The summed E-state index contributed by atoms with van der Waals surface area (Å²) in [7, 11) is 0. The highest BCUT2D eigenvalue weighted by atomic mass is 19.1. The quantitative estimate of drug-likeness (QED) is 0.884. The summed E-state index contributed by atoms with van der Waals surface area (Å²) < 4.78 is 14.0. The topological polar surface area (TPSA) is 15.3 Å². The van der Waals surface area contributed by atoms with Crippen LogP contribution in [0.2, 0.25) is 0 Å². The normalized spacial score (nSPS) is 19.9. The number of hydrogen-bond donors (Lipinski definition) is 1. The highest BCUT2D eigenvalue weighted by Gasteiger charge is 2.32. The van der Waals surface area contributed by atoms with Gasteiger partial charge in [0, 0.05) is 13.1 Å². The minimum atomic E-state index is -0.119. The van der Waals surface area contributed by atoms with E-state index in [0.717, 1.165) is 31.9 Å². The van der Waals surface area contributed by atoms with Gasteiger partial charge in [0.1, 0.15) is 5.82 Å². The molecule has 1 aliphatic rings. The van der Waals surface area contributed by atoms with Crippen molar-refractivity contribution in [3.05, 3.63) is 30.1 Å². The van der Waals surface area contributed by atoms with Crippen LogP contribution in [0.5, 0.6) is 0 Å². The molecule has 2 rings (SSSR count). The first kappa shape index (κ1) is 15.3. The van der Waals surface area contributed by atoms with Crippen molar-refractivity contribution in [2.24, 2.45) is 11.3 Å². The molecule has 1 atom stereocenters. The van der Waals surface area contributed by atoms with Crippen LogP contribution >= 0.6 is 0 Å². The summed E-state index contributed by atoms with van der Waals surface area (Å²) >= 11 is 0. The van der Waals surface area contributed by atoms with Crippen molar-refractivity contribution >= 4 is 5.69 Å². The first-order chi connectivity index (χ1) is 9.54. The van der Waals surface area contributed by atoms with Crippen molar-refractivity contribution in [1.29, 1.82) is 0 Å². The summed E-state index contributed by atoms with van der Waals surface area (Å²) in [4.78, 5) is 2.17. The molecule has 1 N–H and O–H groups in total. The van der Waals surface area contributed by atoms with Gasteiger partial charge >= 0.3 is 0 Å². The van der Waals surface area contributed by atoms with E-state index in [4.69, 9.17) is 0 Å². The highest BCUT2D eigenvalue weighted by Crippen LogP contribution is 2.34. The van der Waals surface area contributed by atoms with Gasteiger partial charge in [-0.3, -0.25) is 0 Å². The molecule has 1 heterocycles. The van der Waals surface area contributed by atoms with Crippen molar-refractivity contribution < 1.29 is 4.39 Å². The average Bonchev–Trinajstić information content (AvgIpc) is 2.46. The van der Waals surface area contributed by atoms with Crippen LogP contribution in [0.1, 0.15) is 33.6 Å². The van der Waals surface area contributed by atoms with Crippen LogP contribution in [0, 0.1) is 17.2 Å². The molecular weight excluding hydrogens is 251 g/mol. The number of nitrogens with zero attached hydrogens (tertiary/aromatic N) is 1. The maximum atomic E-state index is 14.0. The molecule has 1 aliphatic heterocycles. The average molecular weight is 278 g/mol. The molecule has 0 saturated carbocycles. The molecule has 112 valence electrons. The Morgan fingerprint density at radius 1 is 1.35 bits per heavy atom. The van der Waals surface area contributed by atoms with E-state index in [1.54, 1.807) is 12.1 Å². The fourth-order valence-electron chi connectivity index (χ4n) is 3.22. The molecule has 1 fully saturated rings. The largest absolute Gasteiger partial charge is 0.369 e. The molecule has 1 aromatic rings. The standard InChI is InChI=1S/C17H27FN2/c1-4-20(16-10-6-5-9-15(16)18)13-17(2,3)14-8-7-11-19-12-14/h5-6,9-10,14,19H,4,7-8,11-13H2,1-3H3. The smallest absolute Gasteiger partial charge is 0.146 e. The molecule has 0 aliphatic carbocycles. The molecule has 0 spiro atoms. The lowest BCUT2D eigenvalue weighted by Gasteiger charge is -2.41. The maximum Gasteiger partial charge on any atom is 0.146 e. The Morgan fingerprint density at radius 3 is 2.70 bits per heavy atom. The second kappa shape index (κ2) is 6.57. The zero-order valence-electron chi connectivity index (χ0n) is 13.0. The molecule has 0 radical (unpaired) electrons. The van der Waals surface area contributed by atoms with Gasteiger partial charge in [-0.25, -0.2) is 4.39 Å². The minimum Gasteiger partial charge on any atom is -0.369 e. The minimum absolute atomic E-state index is 0.119. The van der Waals surface area contributed by atoms with E-state index in [2.05, 4.69) is 31.0 Å². The second-order valence-electron chi connectivity index (χ2n) is 6.50. The number of rotatable bonds is 5. The number of piperidine rings is 1. The lowest BCUT2D eigenvalue weighted by atomic mass is 9.74. The molecule has 0 aromatic heterocycles. The van der Waals surface area contributed by atoms with Crippen LogP contribution in [0.3, 0.4) is 0 Å². The van der Waals surface area contributed by atoms with E-state index in [1.165, 1.54) is 12.8 Å². The second-order valence-corrected chi connectivity index (χ2v) is 6.50. The lowest BCUT2D eigenvalue weighted by molar-refractivity contribution is 0.176. The molecule has 20 heavy (non-hydrogen) atoms. The van der Waals surface area contributed by atoms with Gasteiger partial charge in [-0.05, 0) is 56.3 Å². The molecule has 0 bridgehead atoms. The molecule has 1 unspecified atom stereocenters. The summed E-state index contributed by atoms with van der Waals surface area (Å²) in [6.07, 6.45) is 2.52. The van der Waals surface area contributed by atoms with Crippen molar-refractivity contribution in [3.8, 4) is 0 Å². The summed E-state index contributed by atoms with van der Waals surface area (Å²) in [5.41, 5.74) is 0.915. The van der Waals surface area contributed by atoms with Crippen molar-refractivity contribution in [3.63, 3.8) is 0 Å². The fraction of sp³-hybridized carbons (Fsp3) is 0.647. The van der Waals surface area contributed by atoms with Crippen LogP contribution in [0.25, 0.3) is 0 Å². The zero-order valence-corrected chi connectivity index (χ0v) is 13.0. The van der Waals surface area contributed by atoms with Crippen LogP contribution in [0.4, 0.5) is 10.1 Å². The number of halogens is 1. The Labute approximate surface area is 122 Å². The van der Waals surface area contributed by atoms with Gasteiger partial charge in [-0.2, -0.15) is 0 Å². The first-order valence-electron chi connectivity index (χ1n) is 7.75. The number of nitrogens with one attached hydrogen (secondary N) is 1. The third-order valence-electron chi connectivity index (χ3n) is 4.58. The number of hydrogen-bond acceptors (Lipinski definition) is 2. The third kappa shape index (κ3) is 3.51. The zero-order chi connectivity index (χ0) is 14.6. The number of benzene rings is 1. The Bertz CT molecular complexity index is 425. The Balaban J connectivity index is 2.10. The van der Waals surface area contributed by atoms with Crippen molar-refractivity contribution in [2.75, 3.05) is 31.1 Å². The third-order valence-corrected chi connectivity index (χ3v) is 4.58. The maximum absolute atomic E-state index is 14.0. The van der Waals surface area contributed by atoms with Crippen LogP contribution in [-0.4, -0.2) is 26.2 Å². The molecular formula is C17H27FN2. The SMILES string of the molecule is CCN(CC(C)(C)C1CCCNC1)c1ccccc1F. The van der Waals surface area contributed by atoms with E-state index in [-0.39, 0.29) is 11.2 Å². The predicted octanol–water partition coefficient (Wildman–Crippen LogP) is 3.68. The molecule has 1 saturated heterocycles. The van der Waals surface area contributed by atoms with E-state index < -0.39 is 0 Å². The fourth-order valence-corrected chi connectivity index (χ4v) is 3.22. The molecule has 0 amide bonds. The van der Waals surface area contributed by atoms with Crippen LogP contribution < -0.4 is 10.2 Å². The van der Waals surface area contributed by atoms with Gasteiger partial charge in [0.25, 0.3) is 0 Å². The van der Waals surface area contributed by atoms with Gasteiger partial charge in [-0.1, -0.05) is 26.0 Å². The van der Waals surface area contributed by atoms with E-state index in [0.29, 0.717) is 5.92 Å². The van der Waals surface area contributed by atoms with Crippen LogP contribution in [0.15, 0.2) is 24.3 Å². The van der Waals surface area contributed by atoms with E-state index >= 15 is 0 Å². The van der Waals surface area contributed by atoms with Crippen molar-refractivity contribution in [1.82, 2.24) is 5.32 Å². The van der Waals surface area contributed by atoms with E-state index in [1.807, 2.05) is 12.1 Å². The molecule has 1 aromatic carbocycles. The van der Waals surface area contributed by atoms with Crippen molar-refractivity contribution in [2.45, 2.75) is 33.6 Å². The number of para-hydroxylation sites is 1.